The highest BCUT2D eigenvalue weighted by Gasteiger charge is 2.35. The number of hydrogen-bond donors (Lipinski definition) is 3. The summed E-state index contributed by atoms with van der Waals surface area (Å²) in [7, 11) is 0. The maximum atomic E-state index is 12.9. The smallest absolute Gasteiger partial charge is 0.241 e. The lowest BCUT2D eigenvalue weighted by molar-refractivity contribution is -0.136. The summed E-state index contributed by atoms with van der Waals surface area (Å²) in [4.78, 5) is 31.8. The van der Waals surface area contributed by atoms with E-state index in [0.717, 1.165) is 16.9 Å². The minimum atomic E-state index is -0.266. The number of carbonyl (C=O) groups excluding carboxylic acids is 2. The molecule has 0 bridgehead atoms. The Balaban J connectivity index is 1.27. The Bertz CT molecular complexity index is 909. The zero-order valence-corrected chi connectivity index (χ0v) is 17.5. The number of benzene rings is 1. The minimum absolute atomic E-state index is 0.0291. The predicted molar refractivity (Wildman–Crippen MR) is 116 cm³/mol. The molecule has 2 aromatic rings. The molecule has 3 N–H and O–H groups in total. The highest BCUT2D eigenvalue weighted by molar-refractivity contribution is 5.93. The van der Waals surface area contributed by atoms with Crippen LogP contribution in [0.2, 0.25) is 0 Å². The fourth-order valence-corrected chi connectivity index (χ4v) is 4.14. The third kappa shape index (κ3) is 4.52. The van der Waals surface area contributed by atoms with Crippen LogP contribution in [-0.2, 0) is 9.59 Å². The van der Waals surface area contributed by atoms with Gasteiger partial charge in [-0.2, -0.15) is 0 Å². The van der Waals surface area contributed by atoms with Crippen molar-refractivity contribution in [3.05, 3.63) is 59.4 Å². The first-order valence-corrected chi connectivity index (χ1v) is 10.6. The first-order chi connectivity index (χ1) is 14.5. The predicted octanol–water partition coefficient (Wildman–Crippen LogP) is 2.48. The Morgan fingerprint density at radius 2 is 1.87 bits per heavy atom. The summed E-state index contributed by atoms with van der Waals surface area (Å²) >= 11 is 0. The van der Waals surface area contributed by atoms with E-state index in [1.165, 1.54) is 5.56 Å². The Morgan fingerprint density at radius 1 is 1.07 bits per heavy atom. The molecule has 0 saturated carbocycles. The van der Waals surface area contributed by atoms with E-state index in [-0.39, 0.29) is 29.8 Å². The van der Waals surface area contributed by atoms with E-state index in [4.69, 9.17) is 0 Å². The SMILES string of the molecule is Cc1ccc(NC(=O)C2CCN(C(=O)C3CC(c4ccccn4)NN3)CC2)cc1C. The lowest BCUT2D eigenvalue weighted by Gasteiger charge is -2.32. The van der Waals surface area contributed by atoms with Gasteiger partial charge < -0.3 is 10.2 Å². The van der Waals surface area contributed by atoms with E-state index in [0.29, 0.717) is 32.4 Å². The van der Waals surface area contributed by atoms with Gasteiger partial charge in [0.25, 0.3) is 0 Å². The Morgan fingerprint density at radius 3 is 2.57 bits per heavy atom. The molecule has 2 unspecified atom stereocenters. The molecule has 0 aliphatic carbocycles. The zero-order chi connectivity index (χ0) is 21.1. The van der Waals surface area contributed by atoms with Gasteiger partial charge in [-0.1, -0.05) is 12.1 Å². The largest absolute Gasteiger partial charge is 0.341 e. The molecule has 2 aliphatic rings. The number of pyridine rings is 1. The number of hydrogen-bond acceptors (Lipinski definition) is 5. The maximum Gasteiger partial charge on any atom is 0.241 e. The molecule has 1 aromatic heterocycles. The highest BCUT2D eigenvalue weighted by Crippen LogP contribution is 2.25. The number of anilines is 1. The molecule has 0 spiro atoms. The van der Waals surface area contributed by atoms with Crippen molar-refractivity contribution in [3.63, 3.8) is 0 Å². The fraction of sp³-hybridized carbons (Fsp3) is 0.435. The molecule has 2 amide bonds. The number of rotatable bonds is 4. The quantitative estimate of drug-likeness (QED) is 0.725. The van der Waals surface area contributed by atoms with Crippen molar-refractivity contribution < 1.29 is 9.59 Å². The fourth-order valence-electron chi connectivity index (χ4n) is 4.14. The number of carbonyl (C=O) groups is 2. The van der Waals surface area contributed by atoms with Crippen molar-refractivity contribution in [2.45, 2.75) is 45.2 Å². The molecule has 3 heterocycles. The van der Waals surface area contributed by atoms with Crippen LogP contribution in [-0.4, -0.2) is 40.8 Å². The second-order valence-corrected chi connectivity index (χ2v) is 8.27. The van der Waals surface area contributed by atoms with Gasteiger partial charge >= 0.3 is 0 Å². The lowest BCUT2D eigenvalue weighted by Crippen LogP contribution is -2.49. The van der Waals surface area contributed by atoms with Gasteiger partial charge in [0.2, 0.25) is 11.8 Å². The molecule has 7 nitrogen and oxygen atoms in total. The van der Waals surface area contributed by atoms with Crippen molar-refractivity contribution >= 4 is 17.5 Å². The lowest BCUT2D eigenvalue weighted by atomic mass is 9.94. The molecule has 7 heteroatoms. The molecule has 0 radical (unpaired) electrons. The van der Waals surface area contributed by atoms with Crippen molar-refractivity contribution in [1.82, 2.24) is 20.7 Å². The van der Waals surface area contributed by atoms with E-state index in [2.05, 4.69) is 28.1 Å². The molecule has 1 aromatic carbocycles. The second kappa shape index (κ2) is 8.93. The molecule has 2 atom stereocenters. The number of aryl methyl sites for hydroxylation is 2. The van der Waals surface area contributed by atoms with Crippen LogP contribution in [0.25, 0.3) is 0 Å². The summed E-state index contributed by atoms with van der Waals surface area (Å²) < 4.78 is 0. The highest BCUT2D eigenvalue weighted by atomic mass is 16.2. The summed E-state index contributed by atoms with van der Waals surface area (Å²) in [6.45, 7) is 5.31. The average Bonchev–Trinajstić information content (AvgIpc) is 3.27. The van der Waals surface area contributed by atoms with E-state index in [1.54, 1.807) is 6.20 Å². The topological polar surface area (TPSA) is 86.4 Å². The van der Waals surface area contributed by atoms with E-state index < -0.39 is 0 Å². The Kier molecular flexibility index (Phi) is 6.11. The first-order valence-electron chi connectivity index (χ1n) is 10.6. The van der Waals surface area contributed by atoms with Gasteiger partial charge in [0.15, 0.2) is 0 Å². The molecular formula is C23H29N5O2. The zero-order valence-electron chi connectivity index (χ0n) is 17.5. The Labute approximate surface area is 177 Å². The van der Waals surface area contributed by atoms with Crippen LogP contribution in [0.4, 0.5) is 5.69 Å². The normalized spacial score (nSPS) is 22.1. The van der Waals surface area contributed by atoms with Crippen LogP contribution in [0, 0.1) is 19.8 Å². The molecule has 4 rings (SSSR count). The number of aromatic nitrogens is 1. The molecular weight excluding hydrogens is 378 g/mol. The van der Waals surface area contributed by atoms with Crippen LogP contribution in [0.15, 0.2) is 42.6 Å². The Hall–Kier alpha value is -2.77. The summed E-state index contributed by atoms with van der Waals surface area (Å²) in [6.07, 6.45) is 3.81. The number of amides is 2. The number of nitrogens with one attached hydrogen (secondary N) is 3. The van der Waals surface area contributed by atoms with Crippen LogP contribution in [0.1, 0.15) is 42.1 Å². The number of nitrogens with zero attached hydrogens (tertiary/aromatic N) is 2. The van der Waals surface area contributed by atoms with Crippen LogP contribution in [0.3, 0.4) is 0 Å². The third-order valence-electron chi connectivity index (χ3n) is 6.20. The molecule has 158 valence electrons. The first kappa shape index (κ1) is 20.5. The average molecular weight is 408 g/mol. The molecule has 2 fully saturated rings. The number of likely N-dealkylation sites (tertiary alicyclic amines) is 1. The van der Waals surface area contributed by atoms with Crippen LogP contribution < -0.4 is 16.2 Å². The van der Waals surface area contributed by atoms with Gasteiger partial charge in [0, 0.05) is 30.9 Å². The molecule has 30 heavy (non-hydrogen) atoms. The summed E-state index contributed by atoms with van der Waals surface area (Å²) in [5, 5.41) is 3.03. The summed E-state index contributed by atoms with van der Waals surface area (Å²) in [5.41, 5.74) is 10.4. The van der Waals surface area contributed by atoms with Gasteiger partial charge in [-0.3, -0.25) is 14.6 Å². The standard InChI is InChI=1S/C23H29N5O2/c1-15-6-7-18(13-16(15)2)25-22(29)17-8-11-28(12-9-17)23(30)21-14-20(26-27-21)19-5-3-4-10-24-19/h3-7,10,13,17,20-21,26-27H,8-9,11-12,14H2,1-2H3,(H,25,29). The third-order valence-corrected chi connectivity index (χ3v) is 6.20. The summed E-state index contributed by atoms with van der Waals surface area (Å²) in [5.74, 6) is 0.0711. The van der Waals surface area contributed by atoms with Crippen molar-refractivity contribution in [2.75, 3.05) is 18.4 Å². The van der Waals surface area contributed by atoms with Gasteiger partial charge in [-0.15, -0.1) is 0 Å². The van der Waals surface area contributed by atoms with Gasteiger partial charge in [-0.25, -0.2) is 10.9 Å². The summed E-state index contributed by atoms with van der Waals surface area (Å²) in [6, 6.07) is 11.5. The van der Waals surface area contributed by atoms with Crippen molar-refractivity contribution in [1.29, 1.82) is 0 Å². The van der Waals surface area contributed by atoms with Gasteiger partial charge in [0.05, 0.1) is 11.7 Å². The van der Waals surface area contributed by atoms with Gasteiger partial charge in [-0.05, 0) is 68.5 Å². The van der Waals surface area contributed by atoms with E-state index in [9.17, 15) is 9.59 Å². The van der Waals surface area contributed by atoms with Crippen LogP contribution in [0.5, 0.6) is 0 Å². The monoisotopic (exact) mass is 407 g/mol. The number of piperidine rings is 1. The van der Waals surface area contributed by atoms with Crippen molar-refractivity contribution in [3.8, 4) is 0 Å². The minimum Gasteiger partial charge on any atom is -0.341 e. The van der Waals surface area contributed by atoms with Gasteiger partial charge in [0.1, 0.15) is 6.04 Å². The molecule has 2 saturated heterocycles. The molecule has 2 aliphatic heterocycles. The second-order valence-electron chi connectivity index (χ2n) is 8.27. The van der Waals surface area contributed by atoms with E-state index in [1.807, 2.05) is 48.2 Å². The number of hydrazine groups is 1. The maximum absolute atomic E-state index is 12.9. The van der Waals surface area contributed by atoms with E-state index >= 15 is 0 Å². The van der Waals surface area contributed by atoms with Crippen molar-refractivity contribution in [2.24, 2.45) is 5.92 Å². The van der Waals surface area contributed by atoms with Crippen LogP contribution >= 0.6 is 0 Å².